The molecule has 0 aliphatic heterocycles. The van der Waals surface area contributed by atoms with E-state index in [1.165, 1.54) is 6.92 Å². The molecule has 0 aliphatic rings. The van der Waals surface area contributed by atoms with Gasteiger partial charge in [-0.05, 0) is 48.2 Å². The molecular weight excluding hydrogens is 420 g/mol. The molecule has 1 atom stereocenters. The maximum Gasteiger partial charge on any atom is 0.457 e. The van der Waals surface area contributed by atoms with Crippen molar-refractivity contribution in [2.24, 2.45) is 0 Å². The molecule has 29 heavy (non-hydrogen) atoms. The average molecular weight is 432 g/mol. The Morgan fingerprint density at radius 1 is 0.966 bits per heavy atom. The van der Waals surface area contributed by atoms with Crippen LogP contribution in [-0.4, -0.2) is 23.3 Å². The van der Waals surface area contributed by atoms with Crippen LogP contribution < -0.4 is 0 Å². The van der Waals surface area contributed by atoms with E-state index in [9.17, 15) is 39.5 Å². The molecule has 0 aliphatic carbocycles. The van der Waals surface area contributed by atoms with Gasteiger partial charge < -0.3 is 0 Å². The SMILES string of the molecule is CCc1[c]c(C)cc(C(F)(C(F)(F)F)C(F)(F)C(F)(F)F)c1-c1cccnc1F. The standard InChI is InChI=1S/C18H12F10N/c1-3-10-7-9(2)8-12(13(10)11-5-4-6-29-14(11)19)15(20,17(23,24)25)16(21,22)18(26,27)28/h4-6,8H,3H2,1-2H3. The van der Waals surface area contributed by atoms with E-state index in [2.05, 4.69) is 11.1 Å². The highest BCUT2D eigenvalue weighted by Crippen LogP contribution is 2.60. The molecule has 0 saturated carbocycles. The Labute approximate surface area is 158 Å². The van der Waals surface area contributed by atoms with Crippen LogP contribution in [0.2, 0.25) is 0 Å². The van der Waals surface area contributed by atoms with E-state index in [1.807, 2.05) is 0 Å². The third kappa shape index (κ3) is 3.55. The van der Waals surface area contributed by atoms with Crippen LogP contribution >= 0.6 is 0 Å². The highest BCUT2D eigenvalue weighted by Gasteiger charge is 2.82. The molecule has 1 aromatic carbocycles. The molecule has 159 valence electrons. The van der Waals surface area contributed by atoms with Gasteiger partial charge >= 0.3 is 23.9 Å². The predicted molar refractivity (Wildman–Crippen MR) is 82.4 cm³/mol. The molecule has 1 radical (unpaired) electrons. The van der Waals surface area contributed by atoms with Crippen LogP contribution in [0.4, 0.5) is 43.9 Å². The van der Waals surface area contributed by atoms with Crippen molar-refractivity contribution in [2.75, 3.05) is 0 Å². The Morgan fingerprint density at radius 2 is 1.55 bits per heavy atom. The van der Waals surface area contributed by atoms with Crippen molar-refractivity contribution in [3.05, 3.63) is 53.1 Å². The largest absolute Gasteiger partial charge is 0.457 e. The topological polar surface area (TPSA) is 12.9 Å². The van der Waals surface area contributed by atoms with Gasteiger partial charge in [0.2, 0.25) is 5.95 Å². The average Bonchev–Trinajstić information content (AvgIpc) is 2.58. The van der Waals surface area contributed by atoms with E-state index in [0.717, 1.165) is 25.3 Å². The van der Waals surface area contributed by atoms with Gasteiger partial charge in [0.05, 0.1) is 0 Å². The number of alkyl halides is 9. The highest BCUT2D eigenvalue weighted by molar-refractivity contribution is 5.73. The van der Waals surface area contributed by atoms with Crippen LogP contribution in [0.5, 0.6) is 0 Å². The third-order valence-corrected chi connectivity index (χ3v) is 4.21. The van der Waals surface area contributed by atoms with Crippen LogP contribution in [0.25, 0.3) is 11.1 Å². The van der Waals surface area contributed by atoms with Crippen molar-refractivity contribution in [1.82, 2.24) is 4.98 Å². The zero-order valence-electron chi connectivity index (χ0n) is 14.7. The molecule has 0 bridgehead atoms. The number of nitrogens with zero attached hydrogens (tertiary/aromatic N) is 1. The summed E-state index contributed by atoms with van der Waals surface area (Å²) < 4.78 is 136. The molecular formula is C18H12F10N. The lowest BCUT2D eigenvalue weighted by molar-refractivity contribution is -0.389. The van der Waals surface area contributed by atoms with Crippen LogP contribution in [0, 0.1) is 18.9 Å². The monoisotopic (exact) mass is 432 g/mol. The number of halogens is 10. The fourth-order valence-electron chi connectivity index (χ4n) is 2.90. The summed E-state index contributed by atoms with van der Waals surface area (Å²) in [6.45, 7) is 2.34. The first-order valence-corrected chi connectivity index (χ1v) is 7.96. The number of hydrogen-bond acceptors (Lipinski definition) is 1. The van der Waals surface area contributed by atoms with Gasteiger partial charge in [0.1, 0.15) is 0 Å². The quantitative estimate of drug-likeness (QED) is 0.398. The summed E-state index contributed by atoms with van der Waals surface area (Å²) in [5.41, 5.74) is -10.9. The molecule has 1 heterocycles. The third-order valence-electron chi connectivity index (χ3n) is 4.21. The van der Waals surface area contributed by atoms with Gasteiger partial charge in [-0.15, -0.1) is 0 Å². The first-order chi connectivity index (χ1) is 13.1. The van der Waals surface area contributed by atoms with E-state index < -0.39 is 46.6 Å². The van der Waals surface area contributed by atoms with E-state index >= 15 is 4.39 Å². The Morgan fingerprint density at radius 3 is 2.00 bits per heavy atom. The fourth-order valence-corrected chi connectivity index (χ4v) is 2.90. The van der Waals surface area contributed by atoms with Crippen molar-refractivity contribution in [1.29, 1.82) is 0 Å². The summed E-state index contributed by atoms with van der Waals surface area (Å²) in [5, 5.41) is 0. The summed E-state index contributed by atoms with van der Waals surface area (Å²) >= 11 is 0. The Hall–Kier alpha value is -2.33. The number of aryl methyl sites for hydroxylation is 2. The minimum atomic E-state index is -6.89. The first-order valence-electron chi connectivity index (χ1n) is 7.96. The van der Waals surface area contributed by atoms with Gasteiger partial charge in [0, 0.05) is 17.3 Å². The fraction of sp³-hybridized carbons (Fsp3) is 0.389. The molecule has 0 amide bonds. The van der Waals surface area contributed by atoms with E-state index in [4.69, 9.17) is 0 Å². The first kappa shape index (κ1) is 23.0. The maximum atomic E-state index is 15.1. The van der Waals surface area contributed by atoms with Crippen molar-refractivity contribution in [2.45, 2.75) is 44.2 Å². The molecule has 0 spiro atoms. The van der Waals surface area contributed by atoms with E-state index in [1.54, 1.807) is 0 Å². The Bertz CT molecular complexity index is 900. The van der Waals surface area contributed by atoms with Crippen LogP contribution in [0.3, 0.4) is 0 Å². The number of rotatable bonds is 4. The second-order valence-corrected chi connectivity index (χ2v) is 6.14. The summed E-state index contributed by atoms with van der Waals surface area (Å²) in [6, 6.07) is 4.42. The number of aromatic nitrogens is 1. The number of hydrogen-bond donors (Lipinski definition) is 0. The summed E-state index contributed by atoms with van der Waals surface area (Å²) in [6.07, 6.45) is -13.0. The summed E-state index contributed by atoms with van der Waals surface area (Å²) in [5.74, 6) is -8.34. The summed E-state index contributed by atoms with van der Waals surface area (Å²) in [4.78, 5) is 3.16. The van der Waals surface area contributed by atoms with Crippen LogP contribution in [0.15, 0.2) is 24.4 Å². The molecule has 0 saturated heterocycles. The van der Waals surface area contributed by atoms with Gasteiger partial charge in [0.15, 0.2) is 0 Å². The minimum Gasteiger partial charge on any atom is -0.228 e. The van der Waals surface area contributed by atoms with E-state index in [-0.39, 0.29) is 23.6 Å². The maximum absolute atomic E-state index is 15.1. The number of benzene rings is 1. The molecule has 0 N–H and O–H groups in total. The van der Waals surface area contributed by atoms with Crippen molar-refractivity contribution in [3.8, 4) is 11.1 Å². The van der Waals surface area contributed by atoms with Gasteiger partial charge in [-0.2, -0.15) is 39.5 Å². The normalized spacial score (nSPS) is 15.3. The zero-order valence-corrected chi connectivity index (χ0v) is 14.7. The predicted octanol–water partition coefficient (Wildman–Crippen LogP) is 6.48. The van der Waals surface area contributed by atoms with E-state index in [0.29, 0.717) is 0 Å². The molecule has 1 unspecified atom stereocenters. The summed E-state index contributed by atoms with van der Waals surface area (Å²) in [7, 11) is 0. The molecule has 1 aromatic heterocycles. The van der Waals surface area contributed by atoms with Gasteiger partial charge in [0.25, 0.3) is 0 Å². The Kier molecular flexibility index (Phi) is 5.68. The van der Waals surface area contributed by atoms with Gasteiger partial charge in [-0.25, -0.2) is 9.37 Å². The molecule has 11 heteroatoms. The minimum absolute atomic E-state index is 0.161. The number of pyridine rings is 1. The van der Waals surface area contributed by atoms with Crippen LogP contribution in [0.1, 0.15) is 23.6 Å². The van der Waals surface area contributed by atoms with Gasteiger partial charge in [-0.3, -0.25) is 0 Å². The molecule has 2 aromatic rings. The second kappa shape index (κ2) is 7.17. The Balaban J connectivity index is 3.08. The second-order valence-electron chi connectivity index (χ2n) is 6.14. The lowest BCUT2D eigenvalue weighted by atomic mass is 9.79. The van der Waals surface area contributed by atoms with Crippen molar-refractivity contribution in [3.63, 3.8) is 0 Å². The lowest BCUT2D eigenvalue weighted by Gasteiger charge is -2.37. The zero-order chi connectivity index (χ0) is 22.4. The van der Waals surface area contributed by atoms with Gasteiger partial charge in [-0.1, -0.05) is 13.0 Å². The molecule has 0 fully saturated rings. The molecule has 1 nitrogen and oxygen atoms in total. The van der Waals surface area contributed by atoms with Crippen molar-refractivity contribution >= 4 is 0 Å². The van der Waals surface area contributed by atoms with Crippen LogP contribution in [-0.2, 0) is 12.1 Å². The highest BCUT2D eigenvalue weighted by atomic mass is 19.4. The molecule has 2 rings (SSSR count). The lowest BCUT2D eigenvalue weighted by Crippen LogP contribution is -2.60. The van der Waals surface area contributed by atoms with Crippen molar-refractivity contribution < 1.29 is 43.9 Å². The smallest absolute Gasteiger partial charge is 0.228 e.